The molecule has 0 bridgehead atoms. The highest BCUT2D eigenvalue weighted by molar-refractivity contribution is 7.15. The third kappa shape index (κ3) is 2.43. The van der Waals surface area contributed by atoms with Gasteiger partial charge in [-0.2, -0.15) is 0 Å². The molecular formula is C9H15N3OS. The van der Waals surface area contributed by atoms with Crippen LogP contribution in [0.15, 0.2) is 6.20 Å². The van der Waals surface area contributed by atoms with E-state index in [-0.39, 0.29) is 6.61 Å². The number of aromatic nitrogens is 1. The van der Waals surface area contributed by atoms with Crippen LogP contribution in [-0.2, 0) is 6.54 Å². The summed E-state index contributed by atoms with van der Waals surface area (Å²) < 4.78 is 0. The molecule has 1 aliphatic carbocycles. The molecule has 0 spiro atoms. The van der Waals surface area contributed by atoms with Gasteiger partial charge in [0.25, 0.3) is 0 Å². The average molecular weight is 213 g/mol. The lowest BCUT2D eigenvalue weighted by atomic mass is 10.4. The third-order valence-electron chi connectivity index (χ3n) is 2.38. The smallest absolute Gasteiger partial charge is 0.180 e. The van der Waals surface area contributed by atoms with Gasteiger partial charge in [0, 0.05) is 30.2 Å². The molecule has 1 fully saturated rings. The maximum atomic E-state index is 8.92. The van der Waals surface area contributed by atoms with Gasteiger partial charge in [-0.3, -0.25) is 4.90 Å². The molecule has 1 aromatic rings. The van der Waals surface area contributed by atoms with Crippen LogP contribution in [0.1, 0.15) is 17.7 Å². The Morgan fingerprint density at radius 3 is 2.93 bits per heavy atom. The second kappa shape index (κ2) is 4.25. The number of rotatable bonds is 5. The number of nitrogens with zero attached hydrogens (tertiary/aromatic N) is 2. The predicted octanol–water partition coefficient (Wildman–Crippen LogP) is 0.682. The molecule has 0 aromatic carbocycles. The Balaban J connectivity index is 1.92. The average Bonchev–Trinajstić information content (AvgIpc) is 2.91. The molecule has 4 nitrogen and oxygen atoms in total. The SMILES string of the molecule is Nc1ncc(CN(CCO)C2CC2)s1. The Bertz CT molecular complexity index is 298. The number of hydrogen-bond acceptors (Lipinski definition) is 5. The summed E-state index contributed by atoms with van der Waals surface area (Å²) in [5.41, 5.74) is 5.56. The molecule has 78 valence electrons. The largest absolute Gasteiger partial charge is 0.395 e. The molecule has 1 aromatic heterocycles. The number of hydrogen-bond donors (Lipinski definition) is 2. The molecule has 0 radical (unpaired) electrons. The highest BCUT2D eigenvalue weighted by Crippen LogP contribution is 2.29. The Kier molecular flexibility index (Phi) is 3.00. The van der Waals surface area contributed by atoms with E-state index in [0.29, 0.717) is 11.2 Å². The molecule has 0 amide bonds. The first-order valence-corrected chi connectivity index (χ1v) is 5.66. The van der Waals surface area contributed by atoms with E-state index in [1.165, 1.54) is 29.1 Å². The standard InChI is InChI=1S/C9H15N3OS/c10-9-11-5-8(14-9)6-12(3-4-13)7-1-2-7/h5,7,13H,1-4,6H2,(H2,10,11). The van der Waals surface area contributed by atoms with Gasteiger partial charge in [-0.05, 0) is 12.8 Å². The van der Waals surface area contributed by atoms with E-state index in [1.807, 2.05) is 6.20 Å². The van der Waals surface area contributed by atoms with E-state index in [2.05, 4.69) is 9.88 Å². The van der Waals surface area contributed by atoms with Gasteiger partial charge in [-0.25, -0.2) is 4.98 Å². The van der Waals surface area contributed by atoms with Crippen LogP contribution < -0.4 is 5.73 Å². The second-order valence-corrected chi connectivity index (χ2v) is 4.74. The monoisotopic (exact) mass is 213 g/mol. The van der Waals surface area contributed by atoms with Crippen LogP contribution in [0, 0.1) is 0 Å². The zero-order chi connectivity index (χ0) is 9.97. The van der Waals surface area contributed by atoms with E-state index in [9.17, 15) is 0 Å². The van der Waals surface area contributed by atoms with Gasteiger partial charge in [-0.15, -0.1) is 11.3 Å². The van der Waals surface area contributed by atoms with Gasteiger partial charge in [0.05, 0.1) is 6.61 Å². The van der Waals surface area contributed by atoms with Gasteiger partial charge in [0.15, 0.2) is 5.13 Å². The van der Waals surface area contributed by atoms with Gasteiger partial charge >= 0.3 is 0 Å². The van der Waals surface area contributed by atoms with Crippen LogP contribution in [0.25, 0.3) is 0 Å². The zero-order valence-electron chi connectivity index (χ0n) is 8.02. The van der Waals surface area contributed by atoms with Gasteiger partial charge < -0.3 is 10.8 Å². The summed E-state index contributed by atoms with van der Waals surface area (Å²) >= 11 is 1.53. The highest BCUT2D eigenvalue weighted by atomic mass is 32.1. The van der Waals surface area contributed by atoms with Crippen LogP contribution in [0.3, 0.4) is 0 Å². The van der Waals surface area contributed by atoms with Crippen LogP contribution >= 0.6 is 11.3 Å². The molecular weight excluding hydrogens is 198 g/mol. The van der Waals surface area contributed by atoms with Crippen molar-refractivity contribution in [2.75, 3.05) is 18.9 Å². The fourth-order valence-electron chi connectivity index (χ4n) is 1.55. The van der Waals surface area contributed by atoms with Crippen molar-refractivity contribution in [3.8, 4) is 0 Å². The number of aliphatic hydroxyl groups excluding tert-OH is 1. The summed E-state index contributed by atoms with van der Waals surface area (Å²) in [6.07, 6.45) is 4.34. The van der Waals surface area contributed by atoms with E-state index in [0.717, 1.165) is 13.1 Å². The van der Waals surface area contributed by atoms with E-state index in [4.69, 9.17) is 10.8 Å². The zero-order valence-corrected chi connectivity index (χ0v) is 8.83. The number of anilines is 1. The van der Waals surface area contributed by atoms with Crippen LogP contribution in [0.4, 0.5) is 5.13 Å². The molecule has 1 saturated carbocycles. The van der Waals surface area contributed by atoms with Crippen LogP contribution in [0.5, 0.6) is 0 Å². The van der Waals surface area contributed by atoms with Crippen molar-refractivity contribution in [1.82, 2.24) is 9.88 Å². The van der Waals surface area contributed by atoms with Crippen molar-refractivity contribution in [2.24, 2.45) is 0 Å². The van der Waals surface area contributed by atoms with E-state index in [1.54, 1.807) is 0 Å². The molecule has 0 saturated heterocycles. The molecule has 3 N–H and O–H groups in total. The van der Waals surface area contributed by atoms with Crippen LogP contribution in [0.2, 0.25) is 0 Å². The summed E-state index contributed by atoms with van der Waals surface area (Å²) in [6, 6.07) is 0.672. The normalized spacial score (nSPS) is 16.4. The molecule has 5 heteroatoms. The Labute approximate surface area is 87.4 Å². The van der Waals surface area contributed by atoms with Crippen molar-refractivity contribution < 1.29 is 5.11 Å². The van der Waals surface area contributed by atoms with Crippen molar-refractivity contribution in [1.29, 1.82) is 0 Å². The first kappa shape index (κ1) is 9.89. The third-order valence-corrected chi connectivity index (χ3v) is 3.19. The Morgan fingerprint density at radius 1 is 1.64 bits per heavy atom. The summed E-state index contributed by atoms with van der Waals surface area (Å²) in [6.45, 7) is 1.85. The predicted molar refractivity (Wildman–Crippen MR) is 57.0 cm³/mol. The van der Waals surface area contributed by atoms with Gasteiger partial charge in [-0.1, -0.05) is 0 Å². The molecule has 1 aliphatic rings. The quantitative estimate of drug-likeness (QED) is 0.755. The fraction of sp³-hybridized carbons (Fsp3) is 0.667. The number of nitrogens with two attached hydrogens (primary N) is 1. The Hall–Kier alpha value is -0.650. The summed E-state index contributed by atoms with van der Waals surface area (Å²) in [5, 5.41) is 9.54. The number of thiazole rings is 1. The minimum Gasteiger partial charge on any atom is -0.395 e. The lowest BCUT2D eigenvalue weighted by Crippen LogP contribution is -2.28. The fourth-order valence-corrected chi connectivity index (χ4v) is 2.26. The Morgan fingerprint density at radius 2 is 2.43 bits per heavy atom. The summed E-state index contributed by atoms with van der Waals surface area (Å²) in [4.78, 5) is 7.50. The van der Waals surface area contributed by atoms with Crippen molar-refractivity contribution in [2.45, 2.75) is 25.4 Å². The lowest BCUT2D eigenvalue weighted by Gasteiger charge is -2.19. The summed E-state index contributed by atoms with van der Waals surface area (Å²) in [7, 11) is 0. The maximum absolute atomic E-state index is 8.92. The van der Waals surface area contributed by atoms with Gasteiger partial charge in [0.1, 0.15) is 0 Å². The topological polar surface area (TPSA) is 62.4 Å². The van der Waals surface area contributed by atoms with Crippen molar-refractivity contribution >= 4 is 16.5 Å². The molecule has 2 rings (SSSR count). The molecule has 1 heterocycles. The van der Waals surface area contributed by atoms with E-state index >= 15 is 0 Å². The molecule has 0 aliphatic heterocycles. The minimum atomic E-state index is 0.227. The first-order chi connectivity index (χ1) is 6.79. The number of nitrogen functional groups attached to an aromatic ring is 1. The minimum absolute atomic E-state index is 0.227. The molecule has 14 heavy (non-hydrogen) atoms. The first-order valence-electron chi connectivity index (χ1n) is 4.84. The lowest BCUT2D eigenvalue weighted by molar-refractivity contribution is 0.184. The van der Waals surface area contributed by atoms with Crippen molar-refractivity contribution in [3.05, 3.63) is 11.1 Å². The van der Waals surface area contributed by atoms with Crippen LogP contribution in [-0.4, -0.2) is 34.2 Å². The molecule has 0 atom stereocenters. The second-order valence-electron chi connectivity index (χ2n) is 3.59. The number of aliphatic hydroxyl groups is 1. The van der Waals surface area contributed by atoms with Gasteiger partial charge in [0.2, 0.25) is 0 Å². The summed E-state index contributed by atoms with van der Waals surface area (Å²) in [5.74, 6) is 0. The maximum Gasteiger partial charge on any atom is 0.180 e. The van der Waals surface area contributed by atoms with E-state index < -0.39 is 0 Å². The molecule has 0 unspecified atom stereocenters. The highest BCUT2D eigenvalue weighted by Gasteiger charge is 2.28. The van der Waals surface area contributed by atoms with Crippen molar-refractivity contribution in [3.63, 3.8) is 0 Å².